The predicted octanol–water partition coefficient (Wildman–Crippen LogP) is 3.74. The van der Waals surface area contributed by atoms with Crippen molar-refractivity contribution in [1.29, 1.82) is 0 Å². The van der Waals surface area contributed by atoms with Crippen LogP contribution in [0.15, 0.2) is 0 Å². The van der Waals surface area contributed by atoms with Gasteiger partial charge in [-0.25, -0.2) is 0 Å². The zero-order valence-corrected chi connectivity index (χ0v) is 10.7. The second-order valence-corrected chi connectivity index (χ2v) is 4.81. The van der Waals surface area contributed by atoms with Crippen LogP contribution in [-0.4, -0.2) is 18.5 Å². The van der Waals surface area contributed by atoms with Gasteiger partial charge < -0.3 is 9.47 Å². The van der Waals surface area contributed by atoms with Gasteiger partial charge in [0.1, 0.15) is 0 Å². The topological polar surface area (TPSA) is 18.5 Å². The molecule has 0 N–H and O–H groups in total. The fourth-order valence-electron chi connectivity index (χ4n) is 2.39. The Balaban J connectivity index is 2.56. The lowest BCUT2D eigenvalue weighted by molar-refractivity contribution is -0.306. The average Bonchev–Trinajstić information content (AvgIpc) is 2.19. The molecule has 1 rings (SSSR count). The second kappa shape index (κ2) is 5.86. The molecule has 1 saturated heterocycles. The van der Waals surface area contributed by atoms with E-state index in [0.717, 1.165) is 25.9 Å². The summed E-state index contributed by atoms with van der Waals surface area (Å²) in [5.41, 5.74) is 0. The Morgan fingerprint density at radius 3 is 2.47 bits per heavy atom. The molecule has 0 amide bonds. The summed E-state index contributed by atoms with van der Waals surface area (Å²) in [6, 6.07) is 0. The first-order chi connectivity index (χ1) is 7.15. The largest absolute Gasteiger partial charge is 0.350 e. The summed E-state index contributed by atoms with van der Waals surface area (Å²) in [6.07, 6.45) is 6.05. The van der Waals surface area contributed by atoms with Crippen LogP contribution in [0, 0.1) is 5.92 Å². The van der Waals surface area contributed by atoms with Crippen molar-refractivity contribution >= 4 is 0 Å². The molecule has 0 saturated carbocycles. The van der Waals surface area contributed by atoms with E-state index in [1.54, 1.807) is 0 Å². The van der Waals surface area contributed by atoms with Crippen LogP contribution in [0.5, 0.6) is 0 Å². The maximum absolute atomic E-state index is 6.14. The molecule has 2 heteroatoms. The van der Waals surface area contributed by atoms with E-state index < -0.39 is 0 Å². The van der Waals surface area contributed by atoms with E-state index in [4.69, 9.17) is 9.47 Å². The van der Waals surface area contributed by atoms with Crippen LogP contribution in [0.3, 0.4) is 0 Å². The van der Waals surface area contributed by atoms with Crippen molar-refractivity contribution in [2.24, 2.45) is 5.92 Å². The summed E-state index contributed by atoms with van der Waals surface area (Å²) < 4.78 is 12.0. The molecule has 0 aromatic carbocycles. The van der Waals surface area contributed by atoms with E-state index in [1.807, 2.05) is 0 Å². The van der Waals surface area contributed by atoms with Crippen molar-refractivity contribution in [3.63, 3.8) is 0 Å². The van der Waals surface area contributed by atoms with Crippen LogP contribution in [-0.2, 0) is 9.47 Å². The van der Waals surface area contributed by atoms with Gasteiger partial charge in [0.05, 0.1) is 12.7 Å². The fraction of sp³-hybridized carbons (Fsp3) is 1.00. The van der Waals surface area contributed by atoms with Crippen LogP contribution in [0.1, 0.15) is 59.8 Å². The van der Waals surface area contributed by atoms with Crippen LogP contribution in [0.4, 0.5) is 0 Å². The first-order valence-electron chi connectivity index (χ1n) is 6.47. The molecule has 2 nitrogen and oxygen atoms in total. The van der Waals surface area contributed by atoms with E-state index in [9.17, 15) is 0 Å². The number of rotatable bonds is 5. The van der Waals surface area contributed by atoms with Gasteiger partial charge in [-0.05, 0) is 19.8 Å². The Labute approximate surface area is 94.3 Å². The lowest BCUT2D eigenvalue weighted by atomic mass is 9.94. The van der Waals surface area contributed by atoms with Crippen molar-refractivity contribution in [1.82, 2.24) is 0 Å². The van der Waals surface area contributed by atoms with E-state index in [2.05, 4.69) is 27.7 Å². The molecule has 15 heavy (non-hydrogen) atoms. The van der Waals surface area contributed by atoms with Gasteiger partial charge in [-0.2, -0.15) is 0 Å². The first-order valence-corrected chi connectivity index (χ1v) is 6.47. The standard InChI is InChI=1S/C13H26O2/c1-5-8-12-11(7-3)10-14-13(4,15-12)9-6-2/h11-12H,5-10H2,1-4H3/t11-,12+,13-/m1/s1. The predicted molar refractivity (Wildman–Crippen MR) is 62.8 cm³/mol. The molecule has 1 aliphatic rings. The minimum absolute atomic E-state index is 0.319. The average molecular weight is 214 g/mol. The van der Waals surface area contributed by atoms with E-state index in [0.29, 0.717) is 12.0 Å². The minimum atomic E-state index is -0.319. The van der Waals surface area contributed by atoms with Crippen LogP contribution in [0.2, 0.25) is 0 Å². The zero-order valence-electron chi connectivity index (χ0n) is 10.7. The minimum Gasteiger partial charge on any atom is -0.350 e. The SMILES string of the molecule is CCC[C@@H]1O[C@](C)(CCC)OC[C@H]1CC. The summed E-state index contributed by atoms with van der Waals surface area (Å²) in [5.74, 6) is 0.273. The molecule has 0 spiro atoms. The van der Waals surface area contributed by atoms with E-state index in [1.165, 1.54) is 12.8 Å². The molecule has 1 heterocycles. The summed E-state index contributed by atoms with van der Waals surface area (Å²) >= 11 is 0. The van der Waals surface area contributed by atoms with Crippen LogP contribution < -0.4 is 0 Å². The number of hydrogen-bond acceptors (Lipinski definition) is 2. The molecular formula is C13H26O2. The molecule has 1 fully saturated rings. The van der Waals surface area contributed by atoms with Gasteiger partial charge in [-0.15, -0.1) is 0 Å². The van der Waals surface area contributed by atoms with Gasteiger partial charge in [0.2, 0.25) is 0 Å². The summed E-state index contributed by atoms with van der Waals surface area (Å²) in [7, 11) is 0. The monoisotopic (exact) mass is 214 g/mol. The molecule has 0 aliphatic carbocycles. The number of hydrogen-bond donors (Lipinski definition) is 0. The third-order valence-electron chi connectivity index (χ3n) is 3.33. The zero-order chi connectivity index (χ0) is 11.3. The normalized spacial score (nSPS) is 36.8. The third-order valence-corrected chi connectivity index (χ3v) is 3.33. The molecule has 90 valence electrons. The van der Waals surface area contributed by atoms with Crippen LogP contribution >= 0.6 is 0 Å². The van der Waals surface area contributed by atoms with Crippen molar-refractivity contribution < 1.29 is 9.47 Å². The maximum atomic E-state index is 6.14. The highest BCUT2D eigenvalue weighted by Gasteiger charge is 2.37. The Kier molecular flexibility index (Phi) is 5.07. The molecule has 3 atom stereocenters. The number of ether oxygens (including phenoxy) is 2. The van der Waals surface area contributed by atoms with Crippen molar-refractivity contribution in [3.8, 4) is 0 Å². The smallest absolute Gasteiger partial charge is 0.165 e. The van der Waals surface area contributed by atoms with Gasteiger partial charge in [-0.3, -0.25) is 0 Å². The third kappa shape index (κ3) is 3.46. The van der Waals surface area contributed by atoms with E-state index in [-0.39, 0.29) is 5.79 Å². The second-order valence-electron chi connectivity index (χ2n) is 4.81. The molecule has 0 aromatic rings. The molecule has 0 unspecified atom stereocenters. The molecule has 0 bridgehead atoms. The fourth-order valence-corrected chi connectivity index (χ4v) is 2.39. The maximum Gasteiger partial charge on any atom is 0.165 e. The quantitative estimate of drug-likeness (QED) is 0.694. The highest BCUT2D eigenvalue weighted by molar-refractivity contribution is 4.78. The summed E-state index contributed by atoms with van der Waals surface area (Å²) in [6.45, 7) is 9.59. The Morgan fingerprint density at radius 2 is 1.93 bits per heavy atom. The Hall–Kier alpha value is -0.0800. The van der Waals surface area contributed by atoms with Gasteiger partial charge in [-0.1, -0.05) is 33.6 Å². The van der Waals surface area contributed by atoms with Gasteiger partial charge in [0.25, 0.3) is 0 Å². The van der Waals surface area contributed by atoms with Crippen LogP contribution in [0.25, 0.3) is 0 Å². The molecular weight excluding hydrogens is 188 g/mol. The van der Waals surface area contributed by atoms with Crippen molar-refractivity contribution in [2.75, 3.05) is 6.61 Å². The van der Waals surface area contributed by atoms with Gasteiger partial charge in [0, 0.05) is 12.3 Å². The molecule has 0 radical (unpaired) electrons. The Morgan fingerprint density at radius 1 is 1.20 bits per heavy atom. The van der Waals surface area contributed by atoms with Crippen molar-refractivity contribution in [3.05, 3.63) is 0 Å². The van der Waals surface area contributed by atoms with Crippen molar-refractivity contribution in [2.45, 2.75) is 71.7 Å². The lowest BCUT2D eigenvalue weighted by Gasteiger charge is -2.43. The highest BCUT2D eigenvalue weighted by atomic mass is 16.7. The summed E-state index contributed by atoms with van der Waals surface area (Å²) in [4.78, 5) is 0. The van der Waals surface area contributed by atoms with E-state index >= 15 is 0 Å². The Bertz CT molecular complexity index is 181. The summed E-state index contributed by atoms with van der Waals surface area (Å²) in [5, 5.41) is 0. The van der Waals surface area contributed by atoms with Gasteiger partial charge in [0.15, 0.2) is 5.79 Å². The molecule has 0 aromatic heterocycles. The lowest BCUT2D eigenvalue weighted by Crippen LogP contribution is -2.47. The highest BCUT2D eigenvalue weighted by Crippen LogP contribution is 2.33. The first kappa shape index (κ1) is 13.0. The molecule has 1 aliphatic heterocycles. The van der Waals surface area contributed by atoms with Gasteiger partial charge >= 0.3 is 0 Å².